The molecule has 2 heterocycles. The van der Waals surface area contributed by atoms with E-state index in [4.69, 9.17) is 0 Å². The van der Waals surface area contributed by atoms with Gasteiger partial charge in [0.2, 0.25) is 0 Å². The Balaban J connectivity index is 1.33. The molecular formula is C64H77BN2. The summed E-state index contributed by atoms with van der Waals surface area (Å²) in [6.07, 6.45) is 3.51. The van der Waals surface area contributed by atoms with Crippen LogP contribution in [0.15, 0.2) is 103 Å². The van der Waals surface area contributed by atoms with E-state index in [1.807, 2.05) is 0 Å². The molecule has 4 aliphatic rings. The highest BCUT2D eigenvalue weighted by Gasteiger charge is 2.49. The molecule has 2 aliphatic carbocycles. The van der Waals surface area contributed by atoms with Crippen LogP contribution in [0.1, 0.15) is 181 Å². The van der Waals surface area contributed by atoms with E-state index in [2.05, 4.69) is 238 Å². The smallest absolute Gasteiger partial charge is 0.252 e. The van der Waals surface area contributed by atoms with E-state index < -0.39 is 0 Å². The van der Waals surface area contributed by atoms with Gasteiger partial charge in [-0.25, -0.2) is 0 Å². The van der Waals surface area contributed by atoms with E-state index in [0.29, 0.717) is 0 Å². The Morgan fingerprint density at radius 2 is 0.970 bits per heavy atom. The number of anilines is 6. The molecule has 67 heavy (non-hydrogen) atoms. The maximum Gasteiger partial charge on any atom is 0.252 e. The van der Waals surface area contributed by atoms with Crippen LogP contribution in [0.25, 0.3) is 11.1 Å². The zero-order valence-corrected chi connectivity index (χ0v) is 44.4. The van der Waals surface area contributed by atoms with Crippen molar-refractivity contribution in [1.29, 1.82) is 0 Å². The van der Waals surface area contributed by atoms with E-state index in [0.717, 1.165) is 6.42 Å². The summed E-state index contributed by atoms with van der Waals surface area (Å²) in [5.74, 6) is 0. The summed E-state index contributed by atoms with van der Waals surface area (Å²) in [6.45, 7) is 43.2. The van der Waals surface area contributed by atoms with Gasteiger partial charge in [-0.3, -0.25) is 0 Å². The summed E-state index contributed by atoms with van der Waals surface area (Å²) in [4.78, 5) is 5.34. The molecule has 6 aromatic carbocycles. The van der Waals surface area contributed by atoms with Gasteiger partial charge in [-0.15, -0.1) is 0 Å². The van der Waals surface area contributed by atoms with Crippen molar-refractivity contribution in [3.8, 4) is 11.1 Å². The van der Waals surface area contributed by atoms with Crippen molar-refractivity contribution < 1.29 is 0 Å². The molecule has 2 nitrogen and oxygen atoms in total. The number of nitrogens with zero attached hydrogens (tertiary/aromatic N) is 2. The molecule has 3 heteroatoms. The van der Waals surface area contributed by atoms with Crippen LogP contribution in [0, 0.1) is 6.92 Å². The van der Waals surface area contributed by atoms with Gasteiger partial charge in [0.05, 0.1) is 5.69 Å². The van der Waals surface area contributed by atoms with Gasteiger partial charge < -0.3 is 9.80 Å². The molecule has 0 bridgehead atoms. The molecule has 0 spiro atoms. The Hall–Kier alpha value is -5.02. The average molecular weight is 885 g/mol. The lowest BCUT2D eigenvalue weighted by Gasteiger charge is -2.46. The maximum absolute atomic E-state index is 2.72. The minimum absolute atomic E-state index is 0.00438. The Bertz CT molecular complexity index is 3020. The third-order valence-electron chi connectivity index (χ3n) is 16.8. The lowest BCUT2D eigenvalue weighted by molar-refractivity contribution is 0.332. The second-order valence-electron chi connectivity index (χ2n) is 27.1. The van der Waals surface area contributed by atoms with E-state index in [-0.39, 0.29) is 44.6 Å². The van der Waals surface area contributed by atoms with Crippen LogP contribution in [0.2, 0.25) is 0 Å². The molecular weight excluding hydrogens is 808 g/mol. The third kappa shape index (κ3) is 7.26. The molecule has 2 aliphatic heterocycles. The number of benzene rings is 6. The first-order valence-electron chi connectivity index (χ1n) is 25.5. The maximum atomic E-state index is 2.72. The largest absolute Gasteiger partial charge is 0.311 e. The Morgan fingerprint density at radius 3 is 1.61 bits per heavy atom. The lowest BCUT2D eigenvalue weighted by Crippen LogP contribution is -2.61. The zero-order chi connectivity index (χ0) is 48.3. The summed E-state index contributed by atoms with van der Waals surface area (Å²) in [5, 5.41) is 0. The highest BCUT2D eigenvalue weighted by molar-refractivity contribution is 7.00. The summed E-state index contributed by atoms with van der Waals surface area (Å²) >= 11 is 0. The standard InChI is InChI=1S/C64H77BN2/c1-39-30-55-57-56(31-39)67(52-27-24-42(59(5,6)7)34-45(52)40-22-25-46-47(32-40)62(13,14)29-28-61(46,11)12)54-37-49-48(63(15,16)38-64(49,17)18)36-51(54)65(57)50-26-23-43(60(8,9)10)35-53(50)66(55)44-21-19-20-41(33-44)58(2,3)4/h19-27,30-37H,28-29,38H2,1-18H3. The Morgan fingerprint density at radius 1 is 0.433 bits per heavy atom. The van der Waals surface area contributed by atoms with Crippen molar-refractivity contribution in [3.63, 3.8) is 0 Å². The van der Waals surface area contributed by atoms with Crippen molar-refractivity contribution in [2.24, 2.45) is 0 Å². The lowest BCUT2D eigenvalue weighted by atomic mass is 9.33. The van der Waals surface area contributed by atoms with Crippen LogP contribution in [-0.4, -0.2) is 6.71 Å². The van der Waals surface area contributed by atoms with Crippen LogP contribution in [0.5, 0.6) is 0 Å². The molecule has 0 amide bonds. The van der Waals surface area contributed by atoms with E-state index in [1.54, 1.807) is 0 Å². The van der Waals surface area contributed by atoms with E-state index in [9.17, 15) is 0 Å². The molecule has 0 saturated heterocycles. The van der Waals surface area contributed by atoms with Crippen LogP contribution in [0.4, 0.5) is 34.1 Å². The topological polar surface area (TPSA) is 6.48 Å². The first-order chi connectivity index (χ1) is 31.0. The zero-order valence-electron chi connectivity index (χ0n) is 44.4. The monoisotopic (exact) mass is 885 g/mol. The predicted octanol–water partition coefficient (Wildman–Crippen LogP) is 15.9. The van der Waals surface area contributed by atoms with Crippen molar-refractivity contribution in [2.75, 3.05) is 9.80 Å². The van der Waals surface area contributed by atoms with Crippen LogP contribution < -0.4 is 26.2 Å². The fourth-order valence-electron chi connectivity index (χ4n) is 12.9. The third-order valence-corrected chi connectivity index (χ3v) is 16.8. The van der Waals surface area contributed by atoms with E-state index in [1.165, 1.54) is 119 Å². The van der Waals surface area contributed by atoms with Crippen LogP contribution >= 0.6 is 0 Å². The highest BCUT2D eigenvalue weighted by atomic mass is 15.2. The summed E-state index contributed by atoms with van der Waals surface area (Å²) < 4.78 is 0. The fraction of sp³-hybridized carbons (Fsp3) is 0.438. The number of aryl methyl sites for hydroxylation is 1. The van der Waals surface area contributed by atoms with Gasteiger partial charge in [0.25, 0.3) is 6.71 Å². The molecule has 0 saturated carbocycles. The molecule has 0 radical (unpaired) electrons. The highest BCUT2D eigenvalue weighted by Crippen LogP contribution is 2.55. The van der Waals surface area contributed by atoms with Gasteiger partial charge >= 0.3 is 0 Å². The summed E-state index contributed by atoms with van der Waals surface area (Å²) in [7, 11) is 0. The van der Waals surface area contributed by atoms with E-state index >= 15 is 0 Å². The molecule has 346 valence electrons. The molecule has 0 fully saturated rings. The molecule has 0 N–H and O–H groups in total. The number of rotatable bonds is 3. The second-order valence-corrected chi connectivity index (χ2v) is 27.1. The predicted molar refractivity (Wildman–Crippen MR) is 293 cm³/mol. The average Bonchev–Trinajstić information content (AvgIpc) is 3.41. The Labute approximate surface area is 405 Å². The normalized spacial score (nSPS) is 18.5. The van der Waals surface area contributed by atoms with Gasteiger partial charge in [0.15, 0.2) is 0 Å². The minimum Gasteiger partial charge on any atom is -0.311 e. The van der Waals surface area contributed by atoms with Crippen LogP contribution in [-0.2, 0) is 37.9 Å². The molecule has 0 atom stereocenters. The summed E-state index contributed by atoms with van der Waals surface area (Å²) in [6, 6.07) is 42.1. The van der Waals surface area contributed by atoms with Gasteiger partial charge in [0, 0.05) is 34.0 Å². The number of hydrogen-bond acceptors (Lipinski definition) is 2. The minimum atomic E-state index is -0.0235. The Kier molecular flexibility index (Phi) is 9.91. The molecule has 0 aromatic heterocycles. The van der Waals surface area contributed by atoms with Gasteiger partial charge in [-0.05, 0) is 179 Å². The molecule has 10 rings (SSSR count). The van der Waals surface area contributed by atoms with Crippen LogP contribution in [0.3, 0.4) is 0 Å². The van der Waals surface area contributed by atoms with Gasteiger partial charge in [0.1, 0.15) is 0 Å². The first-order valence-corrected chi connectivity index (χ1v) is 25.5. The second kappa shape index (κ2) is 14.5. The summed E-state index contributed by atoms with van der Waals surface area (Å²) in [5.41, 5.74) is 26.0. The first kappa shape index (κ1) is 45.8. The molecule has 6 aromatic rings. The van der Waals surface area contributed by atoms with Gasteiger partial charge in [-0.1, -0.05) is 172 Å². The molecule has 0 unspecified atom stereocenters. The number of fused-ring (bicyclic) bond motifs is 6. The van der Waals surface area contributed by atoms with Gasteiger partial charge in [-0.2, -0.15) is 0 Å². The van der Waals surface area contributed by atoms with Crippen molar-refractivity contribution >= 4 is 57.2 Å². The quantitative estimate of drug-likeness (QED) is 0.163. The van der Waals surface area contributed by atoms with Crippen molar-refractivity contribution in [3.05, 3.63) is 148 Å². The van der Waals surface area contributed by atoms with Crippen molar-refractivity contribution in [2.45, 2.75) is 182 Å². The number of hydrogen-bond donors (Lipinski definition) is 0. The SMILES string of the molecule is Cc1cc2c3c(c1)N(c1ccc(C(C)(C)C)cc1-c1ccc4c(c1)C(C)(C)CCC4(C)C)c1cc4c(cc1B3c1ccc(C(C)(C)C)cc1N2c1cccc(C(C)(C)C)c1)C(C)(C)CC4(C)C. The van der Waals surface area contributed by atoms with Crippen molar-refractivity contribution in [1.82, 2.24) is 0 Å². The fourth-order valence-corrected chi connectivity index (χ4v) is 12.9.